The molecule has 0 saturated carbocycles. The van der Waals surface area contributed by atoms with Crippen LogP contribution >= 0.6 is 0 Å². The lowest BCUT2D eigenvalue weighted by Crippen LogP contribution is -2.28. The SMILES string of the molecule is C=CCC1=c2ccccc2=CCC1. The normalized spacial score (nSPS) is 14.6. The highest BCUT2D eigenvalue weighted by atomic mass is 14.1. The molecule has 66 valence electrons. The van der Waals surface area contributed by atoms with Crippen LogP contribution in [0.5, 0.6) is 0 Å². The van der Waals surface area contributed by atoms with Crippen molar-refractivity contribution < 1.29 is 0 Å². The first-order valence-corrected chi connectivity index (χ1v) is 4.80. The first-order valence-electron chi connectivity index (χ1n) is 4.80. The summed E-state index contributed by atoms with van der Waals surface area (Å²) in [6, 6.07) is 8.62. The van der Waals surface area contributed by atoms with Crippen molar-refractivity contribution in [2.75, 3.05) is 0 Å². The molecular formula is C13H14. The van der Waals surface area contributed by atoms with Crippen LogP contribution in [-0.2, 0) is 0 Å². The van der Waals surface area contributed by atoms with Crippen LogP contribution in [0.25, 0.3) is 11.6 Å². The van der Waals surface area contributed by atoms with Gasteiger partial charge in [-0.15, -0.1) is 6.58 Å². The number of hydrogen-bond donors (Lipinski definition) is 0. The molecule has 1 aliphatic rings. The van der Waals surface area contributed by atoms with Gasteiger partial charge in [-0.1, -0.05) is 42.0 Å². The average Bonchev–Trinajstić information content (AvgIpc) is 2.19. The van der Waals surface area contributed by atoms with Crippen LogP contribution in [0, 0.1) is 0 Å². The third kappa shape index (κ3) is 1.57. The van der Waals surface area contributed by atoms with E-state index in [1.807, 2.05) is 6.08 Å². The second-order valence-electron chi connectivity index (χ2n) is 3.43. The predicted octanol–water partition coefficient (Wildman–Crippen LogP) is 1.99. The molecule has 0 saturated heterocycles. The second-order valence-corrected chi connectivity index (χ2v) is 3.43. The molecule has 0 radical (unpaired) electrons. The molecule has 0 atom stereocenters. The number of benzene rings is 1. The molecule has 0 heterocycles. The maximum absolute atomic E-state index is 3.80. The molecule has 0 unspecified atom stereocenters. The minimum absolute atomic E-state index is 1.03. The van der Waals surface area contributed by atoms with E-state index in [1.165, 1.54) is 28.9 Å². The lowest BCUT2D eigenvalue weighted by atomic mass is 9.97. The first-order chi connectivity index (χ1) is 6.42. The molecule has 0 aromatic heterocycles. The largest absolute Gasteiger partial charge is 0.103 e. The van der Waals surface area contributed by atoms with Crippen LogP contribution in [0.4, 0.5) is 0 Å². The smallest absolute Gasteiger partial charge is 0.0132 e. The molecule has 0 bridgehead atoms. The number of allylic oxidation sites excluding steroid dienone is 1. The van der Waals surface area contributed by atoms with Crippen molar-refractivity contribution in [1.82, 2.24) is 0 Å². The lowest BCUT2D eigenvalue weighted by Gasteiger charge is -2.08. The van der Waals surface area contributed by atoms with Gasteiger partial charge in [0, 0.05) is 0 Å². The van der Waals surface area contributed by atoms with Crippen molar-refractivity contribution in [3.63, 3.8) is 0 Å². The zero-order valence-electron chi connectivity index (χ0n) is 7.79. The Hall–Kier alpha value is -1.30. The van der Waals surface area contributed by atoms with Crippen LogP contribution < -0.4 is 10.4 Å². The zero-order chi connectivity index (χ0) is 9.10. The van der Waals surface area contributed by atoms with Crippen LogP contribution in [-0.4, -0.2) is 0 Å². The van der Waals surface area contributed by atoms with Gasteiger partial charge in [-0.05, 0) is 29.7 Å². The standard InChI is InChI=1S/C13H14/c1-2-6-11-8-5-9-12-7-3-4-10-13(11)12/h2-4,7,9-10H,1,5-6,8H2. The molecule has 1 aliphatic carbocycles. The molecule has 13 heavy (non-hydrogen) atoms. The molecule has 0 spiro atoms. The van der Waals surface area contributed by atoms with E-state index in [-0.39, 0.29) is 0 Å². The monoisotopic (exact) mass is 170 g/mol. The summed E-state index contributed by atoms with van der Waals surface area (Å²) in [5.41, 5.74) is 1.54. The quantitative estimate of drug-likeness (QED) is 0.595. The summed E-state index contributed by atoms with van der Waals surface area (Å²) in [4.78, 5) is 0. The number of hydrogen-bond acceptors (Lipinski definition) is 0. The van der Waals surface area contributed by atoms with Crippen LogP contribution in [0.3, 0.4) is 0 Å². The van der Waals surface area contributed by atoms with Crippen LogP contribution in [0.2, 0.25) is 0 Å². The van der Waals surface area contributed by atoms with Gasteiger partial charge in [-0.25, -0.2) is 0 Å². The highest BCUT2D eigenvalue weighted by Crippen LogP contribution is 2.11. The summed E-state index contributed by atoms with van der Waals surface area (Å²) in [5, 5.41) is 2.82. The van der Waals surface area contributed by atoms with E-state index in [1.54, 1.807) is 0 Å². The molecule has 0 nitrogen and oxygen atoms in total. The van der Waals surface area contributed by atoms with Gasteiger partial charge in [0.1, 0.15) is 0 Å². The maximum Gasteiger partial charge on any atom is -0.0132 e. The van der Waals surface area contributed by atoms with Crippen molar-refractivity contribution in [3.05, 3.63) is 47.4 Å². The van der Waals surface area contributed by atoms with Gasteiger partial charge in [0.15, 0.2) is 0 Å². The van der Waals surface area contributed by atoms with Crippen LogP contribution in [0.15, 0.2) is 36.9 Å². The Balaban J connectivity index is 2.68. The molecule has 1 aromatic carbocycles. The van der Waals surface area contributed by atoms with Crippen molar-refractivity contribution in [2.24, 2.45) is 0 Å². The van der Waals surface area contributed by atoms with E-state index in [0.29, 0.717) is 0 Å². The van der Waals surface area contributed by atoms with Gasteiger partial charge in [0.25, 0.3) is 0 Å². The van der Waals surface area contributed by atoms with Gasteiger partial charge in [0.2, 0.25) is 0 Å². The highest BCUT2D eigenvalue weighted by molar-refractivity contribution is 5.52. The van der Waals surface area contributed by atoms with Gasteiger partial charge in [-0.2, -0.15) is 0 Å². The fourth-order valence-electron chi connectivity index (χ4n) is 1.92. The number of rotatable bonds is 2. The molecule has 0 fully saturated rings. The predicted molar refractivity (Wildman–Crippen MR) is 57.6 cm³/mol. The first kappa shape index (κ1) is 8.31. The highest BCUT2D eigenvalue weighted by Gasteiger charge is 2.01. The summed E-state index contributed by atoms with van der Waals surface area (Å²) in [6.45, 7) is 3.80. The van der Waals surface area contributed by atoms with Gasteiger partial charge >= 0.3 is 0 Å². The average molecular weight is 170 g/mol. The zero-order valence-corrected chi connectivity index (χ0v) is 7.79. The summed E-state index contributed by atoms with van der Waals surface area (Å²) in [5.74, 6) is 0. The van der Waals surface area contributed by atoms with Crippen molar-refractivity contribution in [3.8, 4) is 0 Å². The third-order valence-electron chi connectivity index (χ3n) is 2.54. The Morgan fingerprint density at radius 2 is 2.15 bits per heavy atom. The van der Waals surface area contributed by atoms with Crippen molar-refractivity contribution in [1.29, 1.82) is 0 Å². The lowest BCUT2D eigenvalue weighted by molar-refractivity contribution is 1.04. The Morgan fingerprint density at radius 1 is 1.31 bits per heavy atom. The molecule has 0 aliphatic heterocycles. The molecule has 0 amide bonds. The molecule has 0 heteroatoms. The summed E-state index contributed by atoms with van der Waals surface area (Å²) >= 11 is 0. The Morgan fingerprint density at radius 3 is 3.00 bits per heavy atom. The maximum atomic E-state index is 3.80. The van der Waals surface area contributed by atoms with E-state index in [9.17, 15) is 0 Å². The fraction of sp³-hybridized carbons (Fsp3) is 0.231. The Bertz CT molecular complexity index is 424. The van der Waals surface area contributed by atoms with E-state index in [4.69, 9.17) is 0 Å². The summed E-state index contributed by atoms with van der Waals surface area (Å²) in [6.07, 6.45) is 7.73. The van der Waals surface area contributed by atoms with E-state index < -0.39 is 0 Å². The van der Waals surface area contributed by atoms with E-state index in [2.05, 4.69) is 36.9 Å². The molecule has 2 rings (SSSR count). The summed E-state index contributed by atoms with van der Waals surface area (Å²) in [7, 11) is 0. The topological polar surface area (TPSA) is 0 Å². The number of fused-ring (bicyclic) bond motifs is 1. The third-order valence-corrected chi connectivity index (χ3v) is 2.54. The molecular weight excluding hydrogens is 156 g/mol. The van der Waals surface area contributed by atoms with Gasteiger partial charge in [0.05, 0.1) is 0 Å². The van der Waals surface area contributed by atoms with Crippen molar-refractivity contribution >= 4 is 11.6 Å². The van der Waals surface area contributed by atoms with Crippen LogP contribution in [0.1, 0.15) is 19.3 Å². The summed E-state index contributed by atoms with van der Waals surface area (Å²) < 4.78 is 0. The second kappa shape index (κ2) is 3.61. The minimum Gasteiger partial charge on any atom is -0.103 e. The Labute approximate surface area is 78.9 Å². The van der Waals surface area contributed by atoms with Gasteiger partial charge in [-0.3, -0.25) is 0 Å². The fourth-order valence-corrected chi connectivity index (χ4v) is 1.92. The molecule has 1 aromatic rings. The molecule has 0 N–H and O–H groups in total. The minimum atomic E-state index is 1.03. The van der Waals surface area contributed by atoms with Crippen molar-refractivity contribution in [2.45, 2.75) is 19.3 Å². The van der Waals surface area contributed by atoms with E-state index in [0.717, 1.165) is 6.42 Å². The van der Waals surface area contributed by atoms with E-state index >= 15 is 0 Å². The Kier molecular flexibility index (Phi) is 2.31. The van der Waals surface area contributed by atoms with Gasteiger partial charge < -0.3 is 0 Å².